The third kappa shape index (κ3) is 3.92. The smallest absolute Gasteiger partial charge is 0.293 e. The van der Waals surface area contributed by atoms with Crippen LogP contribution in [-0.2, 0) is 19.4 Å². The number of thioether (sulfide) groups is 1. The number of aryl methyl sites for hydroxylation is 1. The Morgan fingerprint density at radius 1 is 1.22 bits per heavy atom. The van der Waals surface area contributed by atoms with E-state index in [9.17, 15) is 9.59 Å². The van der Waals surface area contributed by atoms with Crippen LogP contribution in [0.2, 0.25) is 0 Å². The molecule has 1 aliphatic rings. The normalized spacial score (nSPS) is 12.9. The van der Waals surface area contributed by atoms with Crippen LogP contribution in [0.5, 0.6) is 0 Å². The molecule has 138 valence electrons. The summed E-state index contributed by atoms with van der Waals surface area (Å²) in [6, 6.07) is 11.6. The van der Waals surface area contributed by atoms with Crippen LogP contribution in [0, 0.1) is 6.92 Å². The number of rotatable bonds is 6. The van der Waals surface area contributed by atoms with E-state index >= 15 is 0 Å². The molecular formula is C21H20N2O2S2. The van der Waals surface area contributed by atoms with Crippen molar-refractivity contribution in [1.29, 1.82) is 0 Å². The van der Waals surface area contributed by atoms with Crippen molar-refractivity contribution in [3.8, 4) is 0 Å². The topological polar surface area (TPSA) is 52.0 Å². The molecule has 0 unspecified atom stereocenters. The monoisotopic (exact) mass is 396 g/mol. The molecule has 2 aromatic heterocycles. The first-order chi connectivity index (χ1) is 13.1. The summed E-state index contributed by atoms with van der Waals surface area (Å²) in [5.74, 6) is 0.368. The van der Waals surface area contributed by atoms with Crippen molar-refractivity contribution in [2.45, 2.75) is 37.8 Å². The van der Waals surface area contributed by atoms with Gasteiger partial charge in [-0.1, -0.05) is 47.7 Å². The number of carbonyl (C=O) groups is 1. The SMILES string of the molecule is Cc1ccc(C(=O)CSc2nc(=O)n(Cc3cccs3)c3c2CCC3)cc1. The Morgan fingerprint density at radius 2 is 2.04 bits per heavy atom. The molecule has 2 heterocycles. The number of fused-ring (bicyclic) bond motifs is 1. The van der Waals surface area contributed by atoms with Crippen molar-refractivity contribution >= 4 is 28.9 Å². The van der Waals surface area contributed by atoms with Crippen LogP contribution in [0.15, 0.2) is 51.6 Å². The maximum absolute atomic E-state index is 12.6. The molecule has 1 aromatic carbocycles. The summed E-state index contributed by atoms with van der Waals surface area (Å²) in [6.45, 7) is 2.58. The van der Waals surface area contributed by atoms with Crippen LogP contribution in [0.25, 0.3) is 0 Å². The van der Waals surface area contributed by atoms with Gasteiger partial charge in [0.05, 0.1) is 12.3 Å². The zero-order valence-corrected chi connectivity index (χ0v) is 16.7. The number of benzene rings is 1. The minimum atomic E-state index is -0.214. The van der Waals surface area contributed by atoms with E-state index in [1.807, 2.05) is 48.7 Å². The summed E-state index contributed by atoms with van der Waals surface area (Å²) in [5.41, 5.74) is 3.86. The van der Waals surface area contributed by atoms with Gasteiger partial charge in [0.25, 0.3) is 0 Å². The number of aromatic nitrogens is 2. The van der Waals surface area contributed by atoms with Crippen molar-refractivity contribution in [1.82, 2.24) is 9.55 Å². The predicted molar refractivity (Wildman–Crippen MR) is 110 cm³/mol. The third-order valence-corrected chi connectivity index (χ3v) is 6.69. The van der Waals surface area contributed by atoms with Crippen molar-refractivity contribution < 1.29 is 4.79 Å². The highest BCUT2D eigenvalue weighted by Crippen LogP contribution is 2.30. The summed E-state index contributed by atoms with van der Waals surface area (Å²) in [7, 11) is 0. The highest BCUT2D eigenvalue weighted by atomic mass is 32.2. The molecule has 6 heteroatoms. The van der Waals surface area contributed by atoms with E-state index in [0.717, 1.165) is 46.0 Å². The number of carbonyl (C=O) groups excluding carboxylic acids is 1. The Hall–Kier alpha value is -2.18. The Kier molecular flexibility index (Phi) is 5.27. The van der Waals surface area contributed by atoms with Gasteiger partial charge in [-0.2, -0.15) is 4.98 Å². The second-order valence-electron chi connectivity index (χ2n) is 6.72. The zero-order valence-electron chi connectivity index (χ0n) is 15.1. The number of Topliss-reactive ketones (excluding diaryl/α,β-unsaturated/α-hetero) is 1. The van der Waals surface area contributed by atoms with Crippen LogP contribution in [0.1, 0.15) is 38.5 Å². The molecule has 4 nitrogen and oxygen atoms in total. The lowest BCUT2D eigenvalue weighted by Gasteiger charge is -2.13. The largest absolute Gasteiger partial charge is 0.349 e. The van der Waals surface area contributed by atoms with Gasteiger partial charge in [-0.25, -0.2) is 4.79 Å². The van der Waals surface area contributed by atoms with E-state index in [2.05, 4.69) is 4.98 Å². The minimum Gasteiger partial charge on any atom is -0.293 e. The molecule has 0 saturated carbocycles. The van der Waals surface area contributed by atoms with Crippen molar-refractivity contribution in [3.05, 3.63) is 79.5 Å². The second kappa shape index (κ2) is 7.82. The lowest BCUT2D eigenvalue weighted by Crippen LogP contribution is -2.27. The number of ketones is 1. The van der Waals surface area contributed by atoms with E-state index in [1.165, 1.54) is 11.8 Å². The lowest BCUT2D eigenvalue weighted by atomic mass is 10.1. The van der Waals surface area contributed by atoms with E-state index in [4.69, 9.17) is 0 Å². The van der Waals surface area contributed by atoms with Crippen molar-refractivity contribution in [2.75, 3.05) is 5.75 Å². The summed E-state index contributed by atoms with van der Waals surface area (Å²) in [4.78, 5) is 30.6. The Labute approximate surface area is 166 Å². The van der Waals surface area contributed by atoms with Gasteiger partial charge in [0.1, 0.15) is 5.03 Å². The highest BCUT2D eigenvalue weighted by molar-refractivity contribution is 8.00. The lowest BCUT2D eigenvalue weighted by molar-refractivity contribution is 0.102. The Bertz CT molecular complexity index is 1020. The van der Waals surface area contributed by atoms with E-state index < -0.39 is 0 Å². The zero-order chi connectivity index (χ0) is 18.8. The predicted octanol–water partition coefficient (Wildman–Crippen LogP) is 4.13. The Balaban J connectivity index is 1.56. The summed E-state index contributed by atoms with van der Waals surface area (Å²) >= 11 is 3.04. The van der Waals surface area contributed by atoms with Gasteiger partial charge in [0.15, 0.2) is 5.78 Å². The fraction of sp³-hybridized carbons (Fsp3) is 0.286. The first-order valence-corrected chi connectivity index (χ1v) is 10.9. The van der Waals surface area contributed by atoms with Gasteiger partial charge >= 0.3 is 5.69 Å². The first-order valence-electron chi connectivity index (χ1n) is 8.99. The van der Waals surface area contributed by atoms with Crippen molar-refractivity contribution in [3.63, 3.8) is 0 Å². The van der Waals surface area contributed by atoms with Crippen LogP contribution < -0.4 is 5.69 Å². The highest BCUT2D eigenvalue weighted by Gasteiger charge is 2.22. The minimum absolute atomic E-state index is 0.0660. The van der Waals surface area contributed by atoms with Gasteiger partial charge < -0.3 is 0 Å². The van der Waals surface area contributed by atoms with Crippen molar-refractivity contribution in [2.24, 2.45) is 0 Å². The summed E-state index contributed by atoms with van der Waals surface area (Å²) in [5, 5.41) is 2.75. The molecule has 0 fully saturated rings. The third-order valence-electron chi connectivity index (χ3n) is 4.81. The molecule has 0 radical (unpaired) electrons. The standard InChI is InChI=1S/C21H20N2O2S2/c1-14-7-9-15(10-8-14)19(24)13-27-20-17-5-2-6-18(17)23(21(25)22-20)12-16-4-3-11-26-16/h3-4,7-11H,2,5-6,12-13H2,1H3. The molecule has 0 bridgehead atoms. The average Bonchev–Trinajstić information content (AvgIpc) is 3.34. The van der Waals surface area contributed by atoms with Crippen LogP contribution in [-0.4, -0.2) is 21.1 Å². The maximum Gasteiger partial charge on any atom is 0.349 e. The first kappa shape index (κ1) is 18.2. The number of thiophene rings is 1. The van der Waals surface area contributed by atoms with Gasteiger partial charge in [0.2, 0.25) is 0 Å². The summed E-state index contributed by atoms with van der Waals surface area (Å²) in [6.07, 6.45) is 2.86. The molecule has 0 aliphatic heterocycles. The second-order valence-corrected chi connectivity index (χ2v) is 8.72. The van der Waals surface area contributed by atoms with E-state index in [1.54, 1.807) is 15.9 Å². The molecule has 4 rings (SSSR count). The molecule has 27 heavy (non-hydrogen) atoms. The molecule has 0 spiro atoms. The fourth-order valence-electron chi connectivity index (χ4n) is 3.38. The summed E-state index contributed by atoms with van der Waals surface area (Å²) < 4.78 is 1.81. The molecular weight excluding hydrogens is 376 g/mol. The van der Waals surface area contributed by atoms with Crippen LogP contribution in [0.3, 0.4) is 0 Å². The number of hydrogen-bond donors (Lipinski definition) is 0. The van der Waals surface area contributed by atoms with Gasteiger partial charge in [-0.05, 0) is 37.6 Å². The fourth-order valence-corrected chi connectivity index (χ4v) is 5.05. The van der Waals surface area contributed by atoms with E-state index in [0.29, 0.717) is 17.9 Å². The van der Waals surface area contributed by atoms with Gasteiger partial charge in [0, 0.05) is 21.7 Å². The van der Waals surface area contributed by atoms with Crippen LogP contribution in [0.4, 0.5) is 0 Å². The molecule has 3 aromatic rings. The molecule has 0 atom stereocenters. The van der Waals surface area contributed by atoms with Crippen LogP contribution >= 0.6 is 23.1 Å². The van der Waals surface area contributed by atoms with Gasteiger partial charge in [-0.3, -0.25) is 9.36 Å². The number of nitrogens with zero attached hydrogens (tertiary/aromatic N) is 2. The Morgan fingerprint density at radius 3 is 2.78 bits per heavy atom. The molecule has 0 amide bonds. The average molecular weight is 397 g/mol. The molecule has 0 saturated heterocycles. The maximum atomic E-state index is 12.6. The quantitative estimate of drug-likeness (QED) is 0.357. The number of hydrogen-bond acceptors (Lipinski definition) is 5. The van der Waals surface area contributed by atoms with Gasteiger partial charge in [-0.15, -0.1) is 11.3 Å². The molecule has 0 N–H and O–H groups in total. The molecule has 1 aliphatic carbocycles. The van der Waals surface area contributed by atoms with E-state index in [-0.39, 0.29) is 11.5 Å².